The van der Waals surface area contributed by atoms with Crippen LogP contribution in [-0.4, -0.2) is 58.2 Å². The molecule has 8 unspecified atom stereocenters. The number of aromatic nitrogens is 1. The Kier molecular flexibility index (Phi) is 10.2. The molecule has 0 radical (unpaired) electrons. The summed E-state index contributed by atoms with van der Waals surface area (Å²) in [5.41, 5.74) is 1.84. The van der Waals surface area contributed by atoms with E-state index in [1.54, 1.807) is 20.0 Å². The van der Waals surface area contributed by atoms with Crippen molar-refractivity contribution in [3.05, 3.63) is 41.2 Å². The van der Waals surface area contributed by atoms with Crippen LogP contribution >= 0.6 is 0 Å². The highest BCUT2D eigenvalue weighted by atomic mass is 16.5. The molecular formula is C43H64N2O6. The van der Waals surface area contributed by atoms with Crippen molar-refractivity contribution < 1.29 is 29.3 Å². The number of aliphatic hydroxyl groups excluding tert-OH is 1. The summed E-state index contributed by atoms with van der Waals surface area (Å²) in [5.74, 6) is 0.687. The summed E-state index contributed by atoms with van der Waals surface area (Å²) in [6, 6.07) is 4.03. The van der Waals surface area contributed by atoms with E-state index >= 15 is 0 Å². The lowest BCUT2D eigenvalue weighted by Gasteiger charge is -2.69. The maximum absolute atomic E-state index is 13.9. The van der Waals surface area contributed by atoms with Gasteiger partial charge in [-0.05, 0) is 136 Å². The summed E-state index contributed by atoms with van der Waals surface area (Å²) < 4.78 is 6.14. The molecule has 282 valence electrons. The van der Waals surface area contributed by atoms with E-state index in [-0.39, 0.29) is 40.5 Å². The van der Waals surface area contributed by atoms with E-state index in [0.29, 0.717) is 36.6 Å². The topological polar surface area (TPSA) is 126 Å². The standard InChI is InChI=1S/C43H64N2O6/c1-26(2)36-30(46)22-43(33(47)25-45-21-16-27-10-9-20-44-24-27)19-13-29-28(37(36)43)11-12-32-41(29,7)17-14-31-40(5,6)34(15-18-42(31,32)8)51-35(48)23-39(3,4)38(49)50/h9-10,20,24,26,28-29,31-34,45,47H,11-19,21-23,25H2,1-8H3,(H,49,50)/t28?,29?,31?,32?,33-,34?,41?,42?,43?/m0/s1. The van der Waals surface area contributed by atoms with Gasteiger partial charge in [0, 0.05) is 36.2 Å². The summed E-state index contributed by atoms with van der Waals surface area (Å²) in [6.45, 7) is 18.3. The van der Waals surface area contributed by atoms with Crippen LogP contribution in [0, 0.1) is 56.7 Å². The van der Waals surface area contributed by atoms with Gasteiger partial charge in [0.1, 0.15) is 6.10 Å². The summed E-state index contributed by atoms with van der Waals surface area (Å²) >= 11 is 0. The molecule has 6 rings (SSSR count). The van der Waals surface area contributed by atoms with Gasteiger partial charge in [-0.1, -0.05) is 53.2 Å². The zero-order chi connectivity index (χ0) is 37.1. The van der Waals surface area contributed by atoms with E-state index in [2.05, 4.69) is 57.9 Å². The molecule has 8 heteroatoms. The van der Waals surface area contributed by atoms with E-state index in [4.69, 9.17) is 4.74 Å². The van der Waals surface area contributed by atoms with Gasteiger partial charge in [0.2, 0.25) is 0 Å². The van der Waals surface area contributed by atoms with Gasteiger partial charge in [0.05, 0.1) is 17.9 Å². The zero-order valence-electron chi connectivity index (χ0n) is 32.5. The fourth-order valence-electron chi connectivity index (χ4n) is 12.8. The molecule has 0 aliphatic heterocycles. The van der Waals surface area contributed by atoms with Crippen LogP contribution in [0.1, 0.15) is 125 Å². The molecule has 1 aromatic rings. The average molecular weight is 705 g/mol. The Bertz CT molecular complexity index is 1530. The Morgan fingerprint density at radius 3 is 2.41 bits per heavy atom. The van der Waals surface area contributed by atoms with E-state index in [9.17, 15) is 24.6 Å². The molecule has 5 aliphatic carbocycles. The average Bonchev–Trinajstić information content (AvgIpc) is 3.38. The number of carbonyl (C=O) groups is 3. The van der Waals surface area contributed by atoms with Gasteiger partial charge in [0.15, 0.2) is 5.78 Å². The van der Waals surface area contributed by atoms with Gasteiger partial charge in [-0.25, -0.2) is 0 Å². The predicted octanol–water partition coefficient (Wildman–Crippen LogP) is 7.58. The lowest BCUT2D eigenvalue weighted by Crippen LogP contribution is -2.63. The van der Waals surface area contributed by atoms with Gasteiger partial charge in [0.25, 0.3) is 0 Å². The molecular weight excluding hydrogens is 640 g/mol. The third kappa shape index (κ3) is 6.42. The van der Waals surface area contributed by atoms with E-state index < -0.39 is 28.9 Å². The predicted molar refractivity (Wildman–Crippen MR) is 198 cm³/mol. The summed E-state index contributed by atoms with van der Waals surface area (Å²) in [4.78, 5) is 42.9. The Hall–Kier alpha value is -2.58. The third-order valence-corrected chi connectivity index (χ3v) is 15.3. The molecule has 3 N–H and O–H groups in total. The number of ether oxygens (including phenoxy) is 1. The lowest BCUT2D eigenvalue weighted by atomic mass is 9.36. The quantitative estimate of drug-likeness (QED) is 0.159. The fraction of sp³-hybridized carbons (Fsp3) is 0.767. The van der Waals surface area contributed by atoms with Crippen molar-refractivity contribution in [1.82, 2.24) is 10.3 Å². The molecule has 4 saturated carbocycles. The Morgan fingerprint density at radius 2 is 1.75 bits per heavy atom. The van der Waals surface area contributed by atoms with Crippen molar-refractivity contribution in [3.8, 4) is 0 Å². The van der Waals surface area contributed by atoms with Crippen LogP contribution < -0.4 is 5.32 Å². The van der Waals surface area contributed by atoms with Crippen molar-refractivity contribution in [1.29, 1.82) is 0 Å². The molecule has 51 heavy (non-hydrogen) atoms. The first-order valence-corrected chi connectivity index (χ1v) is 19.9. The van der Waals surface area contributed by atoms with Crippen LogP contribution in [0.25, 0.3) is 0 Å². The first-order chi connectivity index (χ1) is 23.9. The second-order valence-electron chi connectivity index (χ2n) is 19.3. The molecule has 0 saturated heterocycles. The molecule has 0 bridgehead atoms. The number of ketones is 1. The van der Waals surface area contributed by atoms with Crippen LogP contribution in [0.2, 0.25) is 0 Å². The van der Waals surface area contributed by atoms with Crippen LogP contribution in [0.4, 0.5) is 0 Å². The zero-order valence-corrected chi connectivity index (χ0v) is 32.5. The minimum absolute atomic E-state index is 0.0950. The van der Waals surface area contributed by atoms with Crippen molar-refractivity contribution >= 4 is 17.7 Å². The van der Waals surface area contributed by atoms with E-state index in [1.807, 2.05) is 12.3 Å². The monoisotopic (exact) mass is 704 g/mol. The number of hydrogen-bond donors (Lipinski definition) is 3. The first kappa shape index (κ1) is 38.2. The van der Waals surface area contributed by atoms with Gasteiger partial charge in [-0.3, -0.25) is 19.4 Å². The third-order valence-electron chi connectivity index (χ3n) is 15.3. The van der Waals surface area contributed by atoms with Crippen LogP contribution in [0.15, 0.2) is 35.7 Å². The largest absolute Gasteiger partial charge is 0.481 e. The number of Topliss-reactive ketones (excluding diaryl/α,β-unsaturated/α-hetero) is 1. The number of carboxylic acid groups (broad SMARTS) is 1. The highest BCUT2D eigenvalue weighted by Crippen LogP contribution is 2.73. The Labute approximate surface area is 306 Å². The number of allylic oxidation sites excluding steroid dienone is 1. The van der Waals surface area contributed by atoms with Crippen molar-refractivity contribution in [2.75, 3.05) is 13.1 Å². The Morgan fingerprint density at radius 1 is 1.02 bits per heavy atom. The number of nitrogens with zero attached hydrogens (tertiary/aromatic N) is 1. The van der Waals surface area contributed by atoms with Gasteiger partial charge < -0.3 is 20.3 Å². The smallest absolute Gasteiger partial charge is 0.309 e. The summed E-state index contributed by atoms with van der Waals surface area (Å²) in [6.07, 6.45) is 12.0. The normalized spacial score (nSPS) is 36.5. The first-order valence-electron chi connectivity index (χ1n) is 19.9. The molecule has 1 aromatic heterocycles. The number of rotatable bonds is 11. The van der Waals surface area contributed by atoms with E-state index in [1.165, 1.54) is 11.1 Å². The summed E-state index contributed by atoms with van der Waals surface area (Å²) in [7, 11) is 0. The second-order valence-corrected chi connectivity index (χ2v) is 19.3. The minimum atomic E-state index is -1.16. The molecule has 1 heterocycles. The van der Waals surface area contributed by atoms with Crippen LogP contribution in [0.3, 0.4) is 0 Å². The number of carboxylic acids is 1. The van der Waals surface area contributed by atoms with Gasteiger partial charge in [-0.15, -0.1) is 0 Å². The number of nitrogens with one attached hydrogen (secondary N) is 1. The Balaban J connectivity index is 1.21. The lowest BCUT2D eigenvalue weighted by molar-refractivity contribution is -0.214. The number of pyridine rings is 1. The number of hydrogen-bond acceptors (Lipinski definition) is 7. The van der Waals surface area contributed by atoms with Crippen LogP contribution in [0.5, 0.6) is 0 Å². The molecule has 0 spiro atoms. The van der Waals surface area contributed by atoms with Crippen molar-refractivity contribution in [2.24, 2.45) is 56.7 Å². The molecule has 8 nitrogen and oxygen atoms in total. The fourth-order valence-corrected chi connectivity index (χ4v) is 12.8. The summed E-state index contributed by atoms with van der Waals surface area (Å²) in [5, 5.41) is 25.2. The minimum Gasteiger partial charge on any atom is -0.481 e. The number of aliphatic carboxylic acids is 1. The highest BCUT2D eigenvalue weighted by Gasteiger charge is 2.67. The molecule has 5 aliphatic rings. The molecule has 4 fully saturated rings. The second kappa shape index (κ2) is 13.7. The maximum Gasteiger partial charge on any atom is 0.309 e. The SMILES string of the molecule is CC(C)C1=C2C3CCC4C(C)(CCC5C(C)(C)C(OC(=O)CC(C)(C)C(=O)O)CCC54C)C3CCC2([C@@H](O)CNCCc2cccnc2)CC1=O. The number of aliphatic hydroxyl groups is 1. The van der Waals surface area contributed by atoms with Crippen LogP contribution in [-0.2, 0) is 25.5 Å². The highest BCUT2D eigenvalue weighted by molar-refractivity contribution is 6.00. The maximum atomic E-state index is 13.9. The van der Waals surface area contributed by atoms with E-state index in [0.717, 1.165) is 69.9 Å². The molecule has 0 aromatic carbocycles. The van der Waals surface area contributed by atoms with Gasteiger partial charge in [-0.2, -0.15) is 0 Å². The van der Waals surface area contributed by atoms with Crippen molar-refractivity contribution in [3.63, 3.8) is 0 Å². The van der Waals surface area contributed by atoms with Gasteiger partial charge >= 0.3 is 11.9 Å². The van der Waals surface area contributed by atoms with Crippen molar-refractivity contribution in [2.45, 2.75) is 138 Å². The molecule has 9 atom stereocenters. The number of carbonyl (C=O) groups excluding carboxylic acids is 2. The number of fused-ring (bicyclic) bond motifs is 7. The number of esters is 1. The molecule has 0 amide bonds.